The average Bonchev–Trinajstić information content (AvgIpc) is 3.23. The van der Waals surface area contributed by atoms with Gasteiger partial charge in [-0.05, 0) is 48.4 Å². The van der Waals surface area contributed by atoms with Gasteiger partial charge in [-0.15, -0.1) is 0 Å². The van der Waals surface area contributed by atoms with Crippen molar-refractivity contribution in [2.24, 2.45) is 0 Å². The maximum Gasteiger partial charge on any atom is 0.246 e. The molecule has 6 heteroatoms. The fraction of sp³-hybridized carbons (Fsp3) is 0.160. The Balaban J connectivity index is 1.49. The van der Waals surface area contributed by atoms with Crippen molar-refractivity contribution in [1.82, 2.24) is 19.4 Å². The van der Waals surface area contributed by atoms with Crippen molar-refractivity contribution in [1.29, 1.82) is 0 Å². The lowest BCUT2D eigenvalue weighted by molar-refractivity contribution is -0.125. The minimum atomic E-state index is -0.0748. The molecule has 0 aliphatic heterocycles. The van der Waals surface area contributed by atoms with Crippen LogP contribution in [0.5, 0.6) is 5.75 Å². The zero-order valence-corrected chi connectivity index (χ0v) is 17.8. The molecule has 0 aliphatic rings. The number of hydrogen-bond acceptors (Lipinski definition) is 4. The predicted octanol–water partition coefficient (Wildman–Crippen LogP) is 4.41. The monoisotopic (exact) mass is 412 g/mol. The number of para-hydroxylation sites is 1. The predicted molar refractivity (Wildman–Crippen MR) is 122 cm³/mol. The molecule has 2 aromatic carbocycles. The second-order valence-electron chi connectivity index (χ2n) is 7.37. The van der Waals surface area contributed by atoms with Crippen LogP contribution in [-0.4, -0.2) is 39.5 Å². The zero-order chi connectivity index (χ0) is 21.8. The van der Waals surface area contributed by atoms with Gasteiger partial charge in [-0.25, -0.2) is 4.98 Å². The van der Waals surface area contributed by atoms with Crippen molar-refractivity contribution in [3.05, 3.63) is 90.1 Å². The second kappa shape index (κ2) is 8.83. The average molecular weight is 412 g/mol. The van der Waals surface area contributed by atoms with Crippen LogP contribution in [0.15, 0.2) is 73.3 Å². The summed E-state index contributed by atoms with van der Waals surface area (Å²) < 4.78 is 7.46. The number of aromatic nitrogens is 3. The maximum atomic E-state index is 12.7. The van der Waals surface area contributed by atoms with Crippen molar-refractivity contribution in [2.45, 2.75) is 13.5 Å². The van der Waals surface area contributed by atoms with E-state index in [1.54, 1.807) is 43.7 Å². The Kier molecular flexibility index (Phi) is 5.80. The van der Waals surface area contributed by atoms with Gasteiger partial charge in [-0.3, -0.25) is 9.78 Å². The highest BCUT2D eigenvalue weighted by molar-refractivity contribution is 5.92. The van der Waals surface area contributed by atoms with E-state index in [-0.39, 0.29) is 5.91 Å². The Hall–Kier alpha value is -3.93. The summed E-state index contributed by atoms with van der Waals surface area (Å²) >= 11 is 0. The van der Waals surface area contributed by atoms with Crippen LogP contribution >= 0.6 is 0 Å². The number of benzene rings is 2. The number of amides is 1. The highest BCUT2D eigenvalue weighted by Gasteiger charge is 2.10. The molecule has 0 saturated heterocycles. The molecule has 2 heterocycles. The molecule has 1 amide bonds. The SMILES string of the molecule is COc1cc(/C=C/C(=O)N(C)Cc2ccnc3ccccc23)ccc1-n1cnc(C)c1. The van der Waals surface area contributed by atoms with Crippen LogP contribution < -0.4 is 4.74 Å². The van der Waals surface area contributed by atoms with Gasteiger partial charge in [-0.1, -0.05) is 24.3 Å². The first kappa shape index (κ1) is 20.3. The van der Waals surface area contributed by atoms with Crippen LogP contribution in [0.1, 0.15) is 16.8 Å². The first-order chi connectivity index (χ1) is 15.0. The zero-order valence-electron chi connectivity index (χ0n) is 17.8. The normalized spacial score (nSPS) is 11.2. The van der Waals surface area contributed by atoms with Gasteiger partial charge in [0.2, 0.25) is 5.91 Å². The molecule has 0 saturated carbocycles. The number of imidazole rings is 1. The third-order valence-electron chi connectivity index (χ3n) is 5.14. The number of fused-ring (bicyclic) bond motifs is 1. The van der Waals surface area contributed by atoms with Gasteiger partial charge in [0.15, 0.2) is 0 Å². The molecule has 156 valence electrons. The van der Waals surface area contributed by atoms with Crippen LogP contribution in [-0.2, 0) is 11.3 Å². The molecule has 0 N–H and O–H groups in total. The third kappa shape index (κ3) is 4.48. The van der Waals surface area contributed by atoms with E-state index in [2.05, 4.69) is 9.97 Å². The van der Waals surface area contributed by atoms with Crippen LogP contribution in [0.3, 0.4) is 0 Å². The number of carbonyl (C=O) groups excluding carboxylic acids is 1. The summed E-state index contributed by atoms with van der Waals surface area (Å²) in [4.78, 5) is 23.0. The smallest absolute Gasteiger partial charge is 0.246 e. The fourth-order valence-electron chi connectivity index (χ4n) is 3.49. The number of nitrogens with zero attached hydrogens (tertiary/aromatic N) is 4. The first-order valence-corrected chi connectivity index (χ1v) is 10.00. The summed E-state index contributed by atoms with van der Waals surface area (Å²) in [5.41, 5.74) is 4.71. The summed E-state index contributed by atoms with van der Waals surface area (Å²) in [6, 6.07) is 15.7. The third-order valence-corrected chi connectivity index (χ3v) is 5.14. The van der Waals surface area contributed by atoms with Gasteiger partial charge in [-0.2, -0.15) is 0 Å². The van der Waals surface area contributed by atoms with Crippen molar-refractivity contribution in [3.63, 3.8) is 0 Å². The summed E-state index contributed by atoms with van der Waals surface area (Å²) in [6.07, 6.45) is 8.86. The van der Waals surface area contributed by atoms with Crippen molar-refractivity contribution < 1.29 is 9.53 Å². The molecule has 0 atom stereocenters. The molecule has 4 aromatic rings. The Morgan fingerprint density at radius 2 is 2.00 bits per heavy atom. The molecular formula is C25H24N4O2. The van der Waals surface area contributed by atoms with Crippen LogP contribution in [0, 0.1) is 6.92 Å². The van der Waals surface area contributed by atoms with Crippen LogP contribution in [0.2, 0.25) is 0 Å². The highest BCUT2D eigenvalue weighted by Crippen LogP contribution is 2.25. The topological polar surface area (TPSA) is 60.2 Å². The van der Waals surface area contributed by atoms with Gasteiger partial charge in [0, 0.05) is 37.4 Å². The highest BCUT2D eigenvalue weighted by atomic mass is 16.5. The van der Waals surface area contributed by atoms with E-state index in [1.165, 1.54) is 0 Å². The number of hydrogen-bond donors (Lipinski definition) is 0. The van der Waals surface area contributed by atoms with Gasteiger partial charge >= 0.3 is 0 Å². The maximum absolute atomic E-state index is 12.7. The molecule has 0 aliphatic carbocycles. The first-order valence-electron chi connectivity index (χ1n) is 10.00. The number of pyridine rings is 1. The van der Waals surface area contributed by atoms with Gasteiger partial charge in [0.25, 0.3) is 0 Å². The van der Waals surface area contributed by atoms with Crippen molar-refractivity contribution in [2.75, 3.05) is 14.2 Å². The van der Waals surface area contributed by atoms with Crippen molar-refractivity contribution >= 4 is 22.9 Å². The summed E-state index contributed by atoms with van der Waals surface area (Å²) in [7, 11) is 3.43. The quantitative estimate of drug-likeness (QED) is 0.440. The molecule has 0 spiro atoms. The van der Waals surface area contributed by atoms with Gasteiger partial charge in [0.05, 0.1) is 30.3 Å². The molecule has 6 nitrogen and oxygen atoms in total. The van der Waals surface area contributed by atoms with E-state index in [0.29, 0.717) is 12.3 Å². The van der Waals surface area contributed by atoms with E-state index >= 15 is 0 Å². The van der Waals surface area contributed by atoms with Crippen LogP contribution in [0.25, 0.3) is 22.7 Å². The number of ether oxygens (including phenoxy) is 1. The molecule has 0 bridgehead atoms. The summed E-state index contributed by atoms with van der Waals surface area (Å²) in [5, 5.41) is 1.06. The van der Waals surface area contributed by atoms with Crippen molar-refractivity contribution in [3.8, 4) is 11.4 Å². The molecule has 4 rings (SSSR count). The Morgan fingerprint density at radius 1 is 1.16 bits per heavy atom. The molecule has 0 unspecified atom stereocenters. The lowest BCUT2D eigenvalue weighted by atomic mass is 10.1. The fourth-order valence-corrected chi connectivity index (χ4v) is 3.49. The minimum Gasteiger partial charge on any atom is -0.495 e. The summed E-state index contributed by atoms with van der Waals surface area (Å²) in [5.74, 6) is 0.637. The molecule has 0 fully saturated rings. The largest absolute Gasteiger partial charge is 0.495 e. The van der Waals surface area contributed by atoms with E-state index in [1.807, 2.05) is 66.2 Å². The standard InChI is InChI=1S/C25H24N4O2/c1-18-15-29(17-27-18)23-10-8-19(14-24(23)31-3)9-11-25(30)28(2)16-20-12-13-26-22-7-5-4-6-21(20)22/h4-15,17H,16H2,1-3H3/b11-9+. The summed E-state index contributed by atoms with van der Waals surface area (Å²) in [6.45, 7) is 2.45. The second-order valence-corrected chi connectivity index (χ2v) is 7.37. The van der Waals surface area contributed by atoms with E-state index < -0.39 is 0 Å². The number of likely N-dealkylation sites (N-methyl/N-ethyl adjacent to an activating group) is 1. The number of methoxy groups -OCH3 is 1. The van der Waals surface area contributed by atoms with Gasteiger partial charge < -0.3 is 14.2 Å². The minimum absolute atomic E-state index is 0.0748. The molecular weight excluding hydrogens is 388 g/mol. The Labute approximate surface area is 181 Å². The van der Waals surface area contributed by atoms with E-state index in [9.17, 15) is 4.79 Å². The van der Waals surface area contributed by atoms with Gasteiger partial charge in [0.1, 0.15) is 5.75 Å². The molecule has 0 radical (unpaired) electrons. The number of rotatable bonds is 6. The van der Waals surface area contributed by atoms with E-state index in [4.69, 9.17) is 4.74 Å². The molecule has 2 aromatic heterocycles. The van der Waals surface area contributed by atoms with E-state index in [0.717, 1.165) is 33.4 Å². The van der Waals surface area contributed by atoms with Crippen LogP contribution in [0.4, 0.5) is 0 Å². The number of aryl methyl sites for hydroxylation is 1. The molecule has 31 heavy (non-hydrogen) atoms. The lowest BCUT2D eigenvalue weighted by Crippen LogP contribution is -2.24. The Morgan fingerprint density at radius 3 is 2.77 bits per heavy atom. The Bertz CT molecular complexity index is 1250. The number of carbonyl (C=O) groups is 1. The lowest BCUT2D eigenvalue weighted by Gasteiger charge is -2.16.